The van der Waals surface area contributed by atoms with E-state index in [1.54, 1.807) is 34.9 Å². The van der Waals surface area contributed by atoms with E-state index in [0.29, 0.717) is 52.7 Å². The molecule has 1 fully saturated rings. The summed E-state index contributed by atoms with van der Waals surface area (Å²) in [6.07, 6.45) is 4.07. The fraction of sp³-hybridized carbons (Fsp3) is 0.303. The van der Waals surface area contributed by atoms with Crippen LogP contribution >= 0.6 is 0 Å². The zero-order valence-electron chi connectivity index (χ0n) is 23.2. The van der Waals surface area contributed by atoms with Gasteiger partial charge in [0, 0.05) is 23.9 Å². The second-order valence-electron chi connectivity index (χ2n) is 10.8. The Bertz CT molecular complexity index is 1770. The highest BCUT2D eigenvalue weighted by atomic mass is 16.7. The lowest BCUT2D eigenvalue weighted by molar-refractivity contribution is 0.0677. The molecule has 0 radical (unpaired) electrons. The first-order valence-electron chi connectivity index (χ1n) is 14.1. The Morgan fingerprint density at radius 1 is 0.976 bits per heavy atom. The number of aromatic nitrogens is 1. The number of pyridine rings is 1. The third-order valence-corrected chi connectivity index (χ3v) is 8.21. The molecule has 42 heavy (non-hydrogen) atoms. The first-order valence-corrected chi connectivity index (χ1v) is 14.1. The van der Waals surface area contributed by atoms with Gasteiger partial charge in [0.1, 0.15) is 11.4 Å². The van der Waals surface area contributed by atoms with Gasteiger partial charge in [-0.05, 0) is 84.3 Å². The van der Waals surface area contributed by atoms with E-state index < -0.39 is 17.4 Å². The zero-order chi connectivity index (χ0) is 29.4. The molecule has 0 atom stereocenters. The molecule has 9 nitrogen and oxygen atoms in total. The first-order chi connectivity index (χ1) is 20.3. The molecule has 3 aromatic carbocycles. The average Bonchev–Trinajstić information content (AvgIpc) is 3.41. The van der Waals surface area contributed by atoms with Crippen molar-refractivity contribution in [2.24, 2.45) is 5.92 Å². The molecule has 0 unspecified atom stereocenters. The van der Waals surface area contributed by atoms with E-state index in [1.807, 2.05) is 19.1 Å². The number of ether oxygens (including phenoxy) is 3. The van der Waals surface area contributed by atoms with Crippen LogP contribution < -0.4 is 19.6 Å². The normalized spacial score (nSPS) is 14.1. The van der Waals surface area contributed by atoms with Crippen LogP contribution in [-0.4, -0.2) is 40.1 Å². The Hall–Kier alpha value is -4.79. The lowest BCUT2D eigenvalue weighted by Gasteiger charge is -2.25. The first kappa shape index (κ1) is 27.4. The maximum absolute atomic E-state index is 14.0. The van der Waals surface area contributed by atoms with Crippen molar-refractivity contribution in [1.82, 2.24) is 4.57 Å². The number of carboxylic acids is 2. The highest BCUT2D eigenvalue weighted by molar-refractivity contribution is 5.93. The van der Waals surface area contributed by atoms with Gasteiger partial charge in [0.15, 0.2) is 16.9 Å². The van der Waals surface area contributed by atoms with Crippen LogP contribution in [0.15, 0.2) is 59.4 Å². The van der Waals surface area contributed by atoms with Crippen molar-refractivity contribution < 1.29 is 34.0 Å². The highest BCUT2D eigenvalue weighted by Gasteiger charge is 2.25. The monoisotopic (exact) mass is 569 g/mol. The van der Waals surface area contributed by atoms with Gasteiger partial charge < -0.3 is 29.0 Å². The molecule has 9 heteroatoms. The van der Waals surface area contributed by atoms with E-state index in [0.717, 1.165) is 24.0 Å². The number of aryl methyl sites for hydroxylation is 1. The van der Waals surface area contributed by atoms with Crippen LogP contribution in [0.25, 0.3) is 10.9 Å². The van der Waals surface area contributed by atoms with Gasteiger partial charge in [0.2, 0.25) is 6.79 Å². The van der Waals surface area contributed by atoms with Crippen LogP contribution in [0.2, 0.25) is 0 Å². The van der Waals surface area contributed by atoms with Crippen LogP contribution in [0.5, 0.6) is 17.2 Å². The summed E-state index contributed by atoms with van der Waals surface area (Å²) < 4.78 is 18.8. The number of hydrogen-bond donors (Lipinski definition) is 2. The van der Waals surface area contributed by atoms with Crippen LogP contribution in [0, 0.1) is 5.92 Å². The third kappa shape index (κ3) is 5.18. The minimum Gasteiger partial charge on any atom is -0.493 e. The number of fused-ring (bicyclic) bond motifs is 2. The standard InChI is InChI=1S/C33H31NO8/c1-2-21-13-28-29(42-18-41-28)14-23(21)16-34-27-10-9-24(40-17-19-5-3-6-19)15-25(27)31(35)26(30(34)33(38)39)12-20-7-4-8-22(11-20)32(36)37/h4,7-11,13-15,19H,2-3,5-6,12,16-18H2,1H3,(H,36,37)(H,38,39). The Morgan fingerprint density at radius 3 is 2.40 bits per heavy atom. The Morgan fingerprint density at radius 2 is 1.74 bits per heavy atom. The molecule has 6 rings (SSSR count). The van der Waals surface area contributed by atoms with Crippen molar-refractivity contribution in [1.29, 1.82) is 0 Å². The second-order valence-corrected chi connectivity index (χ2v) is 10.8. The van der Waals surface area contributed by atoms with Gasteiger partial charge in [0.05, 0.1) is 17.7 Å². The molecule has 2 N–H and O–H groups in total. The molecule has 0 amide bonds. The summed E-state index contributed by atoms with van der Waals surface area (Å²) in [6.45, 7) is 2.86. The van der Waals surface area contributed by atoms with Crippen molar-refractivity contribution in [3.05, 3.63) is 98.3 Å². The molecule has 4 aromatic rings. The van der Waals surface area contributed by atoms with Crippen molar-refractivity contribution in [2.45, 2.75) is 45.6 Å². The minimum atomic E-state index is -1.25. The van der Waals surface area contributed by atoms with E-state index in [2.05, 4.69) is 0 Å². The SMILES string of the molecule is CCc1cc2c(cc1Cn1c(C(=O)O)c(Cc3cccc(C(=O)O)c3)c(=O)c3cc(OCC4CCC4)ccc31)OCO2. The average molecular weight is 570 g/mol. The summed E-state index contributed by atoms with van der Waals surface area (Å²) in [5, 5.41) is 20.4. The summed E-state index contributed by atoms with van der Waals surface area (Å²) in [5.41, 5.74) is 2.38. The number of carboxylic acid groups (broad SMARTS) is 2. The minimum absolute atomic E-state index is 0.0491. The fourth-order valence-electron chi connectivity index (χ4n) is 5.71. The van der Waals surface area contributed by atoms with Gasteiger partial charge in [-0.2, -0.15) is 0 Å². The largest absolute Gasteiger partial charge is 0.493 e. The van der Waals surface area contributed by atoms with Crippen LogP contribution in [0.1, 0.15) is 69.3 Å². The molecule has 1 saturated carbocycles. The summed E-state index contributed by atoms with van der Waals surface area (Å²) >= 11 is 0. The third-order valence-electron chi connectivity index (χ3n) is 8.21. The summed E-state index contributed by atoms with van der Waals surface area (Å²) in [4.78, 5) is 38.5. The van der Waals surface area contributed by atoms with E-state index in [9.17, 15) is 24.6 Å². The van der Waals surface area contributed by atoms with Crippen LogP contribution in [0.4, 0.5) is 0 Å². The van der Waals surface area contributed by atoms with Crippen molar-refractivity contribution in [2.75, 3.05) is 13.4 Å². The predicted octanol–water partition coefficient (Wildman–Crippen LogP) is 5.51. The topological polar surface area (TPSA) is 124 Å². The molecule has 1 aromatic heterocycles. The summed E-state index contributed by atoms with van der Waals surface area (Å²) in [6, 6.07) is 15.2. The number of benzene rings is 3. The van der Waals surface area contributed by atoms with E-state index >= 15 is 0 Å². The lowest BCUT2D eigenvalue weighted by atomic mass is 9.86. The maximum Gasteiger partial charge on any atom is 0.352 e. The summed E-state index contributed by atoms with van der Waals surface area (Å²) in [5.74, 6) is -0.0654. The number of carbonyl (C=O) groups is 2. The molecular formula is C33H31NO8. The molecule has 2 heterocycles. The molecule has 0 bridgehead atoms. The summed E-state index contributed by atoms with van der Waals surface area (Å²) in [7, 11) is 0. The lowest BCUT2D eigenvalue weighted by Crippen LogP contribution is -2.25. The molecule has 1 aliphatic carbocycles. The Kier molecular flexibility index (Phi) is 7.33. The van der Waals surface area contributed by atoms with E-state index in [1.165, 1.54) is 18.6 Å². The Labute approximate surface area is 241 Å². The maximum atomic E-state index is 14.0. The Balaban J connectivity index is 1.53. The molecule has 0 saturated heterocycles. The number of rotatable bonds is 10. The van der Waals surface area contributed by atoms with Crippen LogP contribution in [0.3, 0.4) is 0 Å². The van der Waals surface area contributed by atoms with Crippen molar-refractivity contribution in [3.8, 4) is 17.2 Å². The van der Waals surface area contributed by atoms with Gasteiger partial charge in [-0.15, -0.1) is 0 Å². The number of aromatic carboxylic acids is 2. The zero-order valence-corrected chi connectivity index (χ0v) is 23.2. The van der Waals surface area contributed by atoms with E-state index in [4.69, 9.17) is 14.2 Å². The quantitative estimate of drug-likeness (QED) is 0.256. The highest BCUT2D eigenvalue weighted by Crippen LogP contribution is 2.36. The van der Waals surface area contributed by atoms with E-state index in [-0.39, 0.29) is 36.6 Å². The van der Waals surface area contributed by atoms with Gasteiger partial charge in [0.25, 0.3) is 0 Å². The molecular weight excluding hydrogens is 538 g/mol. The predicted molar refractivity (Wildman–Crippen MR) is 155 cm³/mol. The second kappa shape index (κ2) is 11.2. The molecule has 0 spiro atoms. The van der Waals surface area contributed by atoms with Crippen molar-refractivity contribution >= 4 is 22.8 Å². The molecule has 2 aliphatic rings. The van der Waals surface area contributed by atoms with Gasteiger partial charge in [-0.25, -0.2) is 9.59 Å². The van der Waals surface area contributed by atoms with Gasteiger partial charge in [-0.1, -0.05) is 25.5 Å². The fourth-order valence-corrected chi connectivity index (χ4v) is 5.71. The molecule has 216 valence electrons. The van der Waals surface area contributed by atoms with Gasteiger partial charge in [-0.3, -0.25) is 4.79 Å². The van der Waals surface area contributed by atoms with Crippen molar-refractivity contribution in [3.63, 3.8) is 0 Å². The molecule has 1 aliphatic heterocycles. The van der Waals surface area contributed by atoms with Gasteiger partial charge >= 0.3 is 11.9 Å². The van der Waals surface area contributed by atoms with Crippen LogP contribution in [-0.2, 0) is 19.4 Å². The number of nitrogens with zero attached hydrogens (tertiary/aromatic N) is 1. The smallest absolute Gasteiger partial charge is 0.352 e. The number of hydrogen-bond acceptors (Lipinski definition) is 6.